The third-order valence-corrected chi connectivity index (χ3v) is 3.28. The molecule has 0 aliphatic heterocycles. The summed E-state index contributed by atoms with van der Waals surface area (Å²) in [6.07, 6.45) is 8.95. The van der Waals surface area contributed by atoms with Crippen molar-refractivity contribution in [3.63, 3.8) is 0 Å². The lowest BCUT2D eigenvalue weighted by molar-refractivity contribution is 0.236. The van der Waals surface area contributed by atoms with E-state index in [0.29, 0.717) is 0 Å². The number of nitrogens with one attached hydrogen (secondary N) is 2. The fourth-order valence-corrected chi connectivity index (χ4v) is 2.30. The van der Waals surface area contributed by atoms with E-state index in [4.69, 9.17) is 0 Å². The molecule has 1 saturated carbocycles. The summed E-state index contributed by atoms with van der Waals surface area (Å²) in [5.74, 6) is -0.284. The van der Waals surface area contributed by atoms with Crippen LogP contribution in [-0.4, -0.2) is 12.1 Å². The Morgan fingerprint density at radius 1 is 1.26 bits per heavy atom. The summed E-state index contributed by atoms with van der Waals surface area (Å²) >= 11 is 0. The van der Waals surface area contributed by atoms with Crippen molar-refractivity contribution in [2.45, 2.75) is 38.1 Å². The second-order valence-electron chi connectivity index (χ2n) is 4.84. The van der Waals surface area contributed by atoms with E-state index in [1.807, 2.05) is 0 Å². The van der Waals surface area contributed by atoms with Crippen LogP contribution in [-0.2, 0) is 0 Å². The fourth-order valence-electron chi connectivity index (χ4n) is 2.30. The first kappa shape index (κ1) is 13.6. The molecule has 0 bridgehead atoms. The summed E-state index contributed by atoms with van der Waals surface area (Å²) in [7, 11) is 0. The maximum atomic E-state index is 12.9. The summed E-state index contributed by atoms with van der Waals surface area (Å²) < 4.78 is 12.9. The highest BCUT2D eigenvalue weighted by Crippen LogP contribution is 2.17. The van der Waals surface area contributed by atoms with Crippen LogP contribution in [0.1, 0.15) is 37.7 Å². The fraction of sp³-hybridized carbons (Fsp3) is 0.400. The minimum absolute atomic E-state index is 0.195. The van der Waals surface area contributed by atoms with Crippen LogP contribution in [0.25, 0.3) is 6.08 Å². The van der Waals surface area contributed by atoms with Crippen LogP contribution in [0, 0.1) is 5.82 Å². The number of urea groups is 1. The van der Waals surface area contributed by atoms with Crippen molar-refractivity contribution in [2.24, 2.45) is 0 Å². The topological polar surface area (TPSA) is 41.1 Å². The van der Waals surface area contributed by atoms with Crippen LogP contribution >= 0.6 is 0 Å². The quantitative estimate of drug-likeness (QED) is 0.861. The van der Waals surface area contributed by atoms with Crippen LogP contribution in [0.2, 0.25) is 0 Å². The minimum atomic E-state index is -0.284. The lowest BCUT2D eigenvalue weighted by atomic mass is 9.96. The number of rotatable bonds is 3. The zero-order chi connectivity index (χ0) is 13.5. The molecule has 1 aliphatic carbocycles. The predicted octanol–water partition coefficient (Wildman–Crippen LogP) is 3.43. The zero-order valence-corrected chi connectivity index (χ0v) is 10.9. The molecule has 0 aromatic heterocycles. The average molecular weight is 262 g/mol. The Balaban J connectivity index is 1.76. The Morgan fingerprint density at radius 2 is 2.05 bits per heavy atom. The second kappa shape index (κ2) is 6.92. The van der Waals surface area contributed by atoms with E-state index in [-0.39, 0.29) is 17.9 Å². The number of carbonyl (C=O) groups excluding carboxylic acids is 1. The number of benzene rings is 1. The molecule has 1 aliphatic rings. The van der Waals surface area contributed by atoms with Crippen LogP contribution in [0.4, 0.5) is 9.18 Å². The van der Waals surface area contributed by atoms with Gasteiger partial charge in [0, 0.05) is 12.2 Å². The molecule has 1 aromatic rings. The van der Waals surface area contributed by atoms with E-state index < -0.39 is 0 Å². The molecule has 0 radical (unpaired) electrons. The lowest BCUT2D eigenvalue weighted by Gasteiger charge is -2.22. The Hall–Kier alpha value is -1.84. The molecule has 0 spiro atoms. The molecule has 19 heavy (non-hydrogen) atoms. The Bertz CT molecular complexity index is 453. The summed E-state index contributed by atoms with van der Waals surface area (Å²) in [6.45, 7) is 0. The van der Waals surface area contributed by atoms with Gasteiger partial charge in [0.15, 0.2) is 0 Å². The van der Waals surface area contributed by atoms with Gasteiger partial charge in [-0.05, 0) is 36.6 Å². The smallest absolute Gasteiger partial charge is 0.318 e. The van der Waals surface area contributed by atoms with Crippen LogP contribution in [0.3, 0.4) is 0 Å². The second-order valence-corrected chi connectivity index (χ2v) is 4.84. The van der Waals surface area contributed by atoms with E-state index in [9.17, 15) is 9.18 Å². The predicted molar refractivity (Wildman–Crippen MR) is 74.0 cm³/mol. The summed E-state index contributed by atoms with van der Waals surface area (Å²) in [6, 6.07) is 6.31. The first-order chi connectivity index (χ1) is 9.24. The van der Waals surface area contributed by atoms with Gasteiger partial charge >= 0.3 is 6.03 Å². The minimum Gasteiger partial charge on any atom is -0.335 e. The molecule has 2 amide bonds. The standard InChI is InChI=1S/C15H19FN2O/c16-13-6-4-5-12(11-13)9-10-17-15(19)18-14-7-2-1-3-8-14/h4-6,9-11,14H,1-3,7-8H2,(H2,17,18,19)/b10-9+. The number of carbonyl (C=O) groups is 1. The Kier molecular flexibility index (Phi) is 4.95. The van der Waals surface area contributed by atoms with Gasteiger partial charge in [-0.15, -0.1) is 0 Å². The molecule has 0 unspecified atom stereocenters. The van der Waals surface area contributed by atoms with Crippen LogP contribution in [0.5, 0.6) is 0 Å². The molecule has 2 rings (SSSR count). The normalized spacial score (nSPS) is 16.5. The van der Waals surface area contributed by atoms with E-state index in [1.165, 1.54) is 37.6 Å². The largest absolute Gasteiger partial charge is 0.335 e. The van der Waals surface area contributed by atoms with Gasteiger partial charge in [-0.25, -0.2) is 9.18 Å². The summed E-state index contributed by atoms with van der Waals surface area (Å²) in [5.41, 5.74) is 0.720. The first-order valence-corrected chi connectivity index (χ1v) is 6.73. The highest BCUT2D eigenvalue weighted by Gasteiger charge is 2.14. The molecule has 102 valence electrons. The molecule has 0 atom stereocenters. The highest BCUT2D eigenvalue weighted by atomic mass is 19.1. The Morgan fingerprint density at radius 3 is 2.79 bits per heavy atom. The number of halogens is 1. The van der Waals surface area contributed by atoms with Crippen molar-refractivity contribution in [1.29, 1.82) is 0 Å². The van der Waals surface area contributed by atoms with Crippen molar-refractivity contribution < 1.29 is 9.18 Å². The number of amides is 2. The SMILES string of the molecule is O=C(N/C=C/c1cccc(F)c1)NC1CCCCC1. The first-order valence-electron chi connectivity index (χ1n) is 6.73. The van der Waals surface area contributed by atoms with Gasteiger partial charge in [-0.1, -0.05) is 31.4 Å². The van der Waals surface area contributed by atoms with Crippen LogP contribution < -0.4 is 10.6 Å². The van der Waals surface area contributed by atoms with Crippen LogP contribution in [0.15, 0.2) is 30.5 Å². The molecular formula is C15H19FN2O. The molecule has 1 fully saturated rings. The summed E-state index contributed by atoms with van der Waals surface area (Å²) in [4.78, 5) is 11.6. The molecule has 0 saturated heterocycles. The van der Waals surface area contributed by atoms with E-state index in [0.717, 1.165) is 18.4 Å². The third kappa shape index (κ3) is 4.73. The van der Waals surface area contributed by atoms with E-state index in [1.54, 1.807) is 18.2 Å². The third-order valence-electron chi connectivity index (χ3n) is 3.28. The average Bonchev–Trinajstić information content (AvgIpc) is 2.40. The summed E-state index contributed by atoms with van der Waals surface area (Å²) in [5, 5.41) is 5.59. The van der Waals surface area contributed by atoms with Crippen molar-refractivity contribution in [1.82, 2.24) is 10.6 Å². The van der Waals surface area contributed by atoms with Gasteiger partial charge < -0.3 is 10.6 Å². The van der Waals surface area contributed by atoms with E-state index >= 15 is 0 Å². The van der Waals surface area contributed by atoms with Crippen molar-refractivity contribution in [2.75, 3.05) is 0 Å². The molecular weight excluding hydrogens is 243 g/mol. The van der Waals surface area contributed by atoms with Crippen molar-refractivity contribution in [3.8, 4) is 0 Å². The Labute approximate surface area is 112 Å². The maximum Gasteiger partial charge on any atom is 0.318 e. The molecule has 3 nitrogen and oxygen atoms in total. The maximum absolute atomic E-state index is 12.9. The van der Waals surface area contributed by atoms with Crippen molar-refractivity contribution in [3.05, 3.63) is 41.8 Å². The monoisotopic (exact) mass is 262 g/mol. The zero-order valence-electron chi connectivity index (χ0n) is 10.9. The highest BCUT2D eigenvalue weighted by molar-refractivity contribution is 5.76. The van der Waals surface area contributed by atoms with Gasteiger partial charge in [0.05, 0.1) is 0 Å². The van der Waals surface area contributed by atoms with Gasteiger partial charge in [0.25, 0.3) is 0 Å². The van der Waals surface area contributed by atoms with Gasteiger partial charge in [-0.2, -0.15) is 0 Å². The lowest BCUT2D eigenvalue weighted by Crippen LogP contribution is -2.40. The number of hydrogen-bond acceptors (Lipinski definition) is 1. The van der Waals surface area contributed by atoms with Crippen molar-refractivity contribution >= 4 is 12.1 Å². The number of hydrogen-bond donors (Lipinski definition) is 2. The molecule has 2 N–H and O–H groups in total. The van der Waals surface area contributed by atoms with Gasteiger partial charge in [-0.3, -0.25) is 0 Å². The van der Waals surface area contributed by atoms with Gasteiger partial charge in [0.2, 0.25) is 0 Å². The molecule has 0 heterocycles. The van der Waals surface area contributed by atoms with E-state index in [2.05, 4.69) is 10.6 Å². The van der Waals surface area contributed by atoms with Gasteiger partial charge in [0.1, 0.15) is 5.82 Å². The molecule has 4 heteroatoms. The molecule has 1 aromatic carbocycles.